The molecule has 1 aliphatic carbocycles. The fraction of sp³-hybridized carbons (Fsp3) is 1.00. The van der Waals surface area contributed by atoms with Gasteiger partial charge in [0, 0.05) is 0 Å². The van der Waals surface area contributed by atoms with Crippen LogP contribution in [-0.4, -0.2) is 13.1 Å². The second-order valence-electron chi connectivity index (χ2n) is 8.31. The lowest BCUT2D eigenvalue weighted by atomic mass is 9.77. The first kappa shape index (κ1) is 21.0. The second kappa shape index (κ2) is 13.3. The van der Waals surface area contributed by atoms with Crippen molar-refractivity contribution in [3.63, 3.8) is 0 Å². The van der Waals surface area contributed by atoms with E-state index in [-0.39, 0.29) is 0 Å². The van der Waals surface area contributed by atoms with E-state index in [0.29, 0.717) is 0 Å². The van der Waals surface area contributed by atoms with Crippen LogP contribution in [0.2, 0.25) is 0 Å². The Balaban J connectivity index is 2.09. The monoisotopic (exact) mass is 323 g/mol. The molecular formula is C22H45N. The van der Waals surface area contributed by atoms with Crippen LogP contribution < -0.4 is 5.32 Å². The van der Waals surface area contributed by atoms with E-state index in [2.05, 4.69) is 33.0 Å². The first-order chi connectivity index (χ1) is 11.2. The Morgan fingerprint density at radius 2 is 1.52 bits per heavy atom. The summed E-state index contributed by atoms with van der Waals surface area (Å²) in [5.41, 5.74) is 0. The van der Waals surface area contributed by atoms with Gasteiger partial charge in [-0.25, -0.2) is 0 Å². The molecule has 1 fully saturated rings. The summed E-state index contributed by atoms with van der Waals surface area (Å²) in [6.07, 6.45) is 17.6. The average molecular weight is 324 g/mol. The summed E-state index contributed by atoms with van der Waals surface area (Å²) in [4.78, 5) is 0. The highest BCUT2D eigenvalue weighted by Gasteiger charge is 2.21. The van der Waals surface area contributed by atoms with Crippen LogP contribution in [0.3, 0.4) is 0 Å². The molecule has 0 heterocycles. The molecule has 1 N–H and O–H groups in total. The Bertz CT molecular complexity index is 257. The average Bonchev–Trinajstić information content (AvgIpc) is 3.05. The molecule has 138 valence electrons. The van der Waals surface area contributed by atoms with Crippen LogP contribution in [0.4, 0.5) is 0 Å². The molecule has 0 bridgehead atoms. The van der Waals surface area contributed by atoms with E-state index in [1.807, 2.05) is 0 Å². The lowest BCUT2D eigenvalue weighted by Crippen LogP contribution is -2.21. The van der Waals surface area contributed by atoms with Crippen LogP contribution in [0.5, 0.6) is 0 Å². The van der Waals surface area contributed by atoms with Gasteiger partial charge in [-0.05, 0) is 49.6 Å². The molecule has 1 saturated carbocycles. The van der Waals surface area contributed by atoms with Crippen LogP contribution in [0.25, 0.3) is 0 Å². The molecule has 3 atom stereocenters. The lowest BCUT2D eigenvalue weighted by molar-refractivity contribution is 0.217. The zero-order valence-electron chi connectivity index (χ0n) is 16.7. The van der Waals surface area contributed by atoms with E-state index in [4.69, 9.17) is 0 Å². The van der Waals surface area contributed by atoms with Crippen molar-refractivity contribution in [1.29, 1.82) is 0 Å². The lowest BCUT2D eigenvalue weighted by Gasteiger charge is -2.29. The summed E-state index contributed by atoms with van der Waals surface area (Å²) in [5, 5.41) is 3.46. The van der Waals surface area contributed by atoms with E-state index in [0.717, 1.165) is 30.2 Å². The van der Waals surface area contributed by atoms with Gasteiger partial charge in [0.2, 0.25) is 0 Å². The Morgan fingerprint density at radius 3 is 2.13 bits per heavy atom. The van der Waals surface area contributed by atoms with E-state index in [1.54, 1.807) is 0 Å². The number of rotatable bonds is 14. The summed E-state index contributed by atoms with van der Waals surface area (Å²) in [7, 11) is 0. The normalized spacial score (nSPS) is 19.8. The molecule has 1 rings (SSSR count). The summed E-state index contributed by atoms with van der Waals surface area (Å²) < 4.78 is 0. The molecule has 23 heavy (non-hydrogen) atoms. The largest absolute Gasteiger partial charge is 0.317 e. The van der Waals surface area contributed by atoms with Gasteiger partial charge in [-0.3, -0.25) is 0 Å². The zero-order valence-corrected chi connectivity index (χ0v) is 16.7. The molecule has 0 aliphatic heterocycles. The smallest absolute Gasteiger partial charge is 0.00489 e. The zero-order chi connectivity index (χ0) is 16.9. The van der Waals surface area contributed by atoms with Crippen molar-refractivity contribution in [2.75, 3.05) is 13.1 Å². The fourth-order valence-corrected chi connectivity index (χ4v) is 4.89. The molecule has 0 aromatic heterocycles. The molecule has 0 saturated heterocycles. The van der Waals surface area contributed by atoms with Gasteiger partial charge in [0.1, 0.15) is 0 Å². The van der Waals surface area contributed by atoms with Crippen LogP contribution in [0.15, 0.2) is 0 Å². The topological polar surface area (TPSA) is 12.0 Å². The maximum atomic E-state index is 3.46. The highest BCUT2D eigenvalue weighted by molar-refractivity contribution is 4.72. The molecule has 0 aromatic carbocycles. The molecule has 1 nitrogen and oxygen atoms in total. The summed E-state index contributed by atoms with van der Waals surface area (Å²) >= 11 is 0. The minimum atomic E-state index is 0.896. The Labute approximate surface area is 147 Å². The van der Waals surface area contributed by atoms with Crippen LogP contribution in [0.1, 0.15) is 105 Å². The number of hydrogen-bond acceptors (Lipinski definition) is 1. The van der Waals surface area contributed by atoms with Gasteiger partial charge in [0.05, 0.1) is 0 Å². The van der Waals surface area contributed by atoms with Gasteiger partial charge in [0.25, 0.3) is 0 Å². The van der Waals surface area contributed by atoms with Gasteiger partial charge >= 0.3 is 0 Å². The third kappa shape index (κ3) is 9.13. The van der Waals surface area contributed by atoms with Crippen molar-refractivity contribution < 1.29 is 0 Å². The fourth-order valence-electron chi connectivity index (χ4n) is 4.89. The van der Waals surface area contributed by atoms with Crippen molar-refractivity contribution >= 4 is 0 Å². The molecular weight excluding hydrogens is 278 g/mol. The quantitative estimate of drug-likeness (QED) is 0.346. The molecule has 1 aliphatic rings. The van der Waals surface area contributed by atoms with Crippen LogP contribution in [-0.2, 0) is 0 Å². The third-order valence-corrected chi connectivity index (χ3v) is 6.44. The van der Waals surface area contributed by atoms with Crippen LogP contribution >= 0.6 is 0 Å². The van der Waals surface area contributed by atoms with E-state index in [9.17, 15) is 0 Å². The van der Waals surface area contributed by atoms with Crippen LogP contribution in [0, 0.1) is 23.7 Å². The second-order valence-corrected chi connectivity index (χ2v) is 8.31. The summed E-state index contributed by atoms with van der Waals surface area (Å²) in [5.74, 6) is 3.84. The molecule has 1 heteroatoms. The molecule has 0 amide bonds. The van der Waals surface area contributed by atoms with Crippen molar-refractivity contribution in [3.8, 4) is 0 Å². The van der Waals surface area contributed by atoms with Gasteiger partial charge in [0.15, 0.2) is 0 Å². The predicted octanol–water partition coefficient (Wildman–Crippen LogP) is 6.82. The highest BCUT2D eigenvalue weighted by atomic mass is 14.8. The van der Waals surface area contributed by atoms with Crippen molar-refractivity contribution in [2.24, 2.45) is 23.7 Å². The molecule has 0 spiro atoms. The summed E-state index contributed by atoms with van der Waals surface area (Å²) in [6, 6.07) is 0. The maximum absolute atomic E-state index is 3.46. The molecule has 3 unspecified atom stereocenters. The Morgan fingerprint density at radius 1 is 0.870 bits per heavy atom. The van der Waals surface area contributed by atoms with E-state index < -0.39 is 0 Å². The van der Waals surface area contributed by atoms with Crippen molar-refractivity contribution in [3.05, 3.63) is 0 Å². The Kier molecular flexibility index (Phi) is 12.1. The first-order valence-corrected chi connectivity index (χ1v) is 10.9. The minimum Gasteiger partial charge on any atom is -0.317 e. The van der Waals surface area contributed by atoms with Gasteiger partial charge in [-0.2, -0.15) is 0 Å². The number of unbranched alkanes of at least 4 members (excludes halogenated alkanes) is 2. The number of nitrogens with one attached hydrogen (secondary N) is 1. The molecule has 0 aromatic rings. The maximum Gasteiger partial charge on any atom is -0.00489 e. The first-order valence-electron chi connectivity index (χ1n) is 10.9. The van der Waals surface area contributed by atoms with Crippen molar-refractivity contribution in [2.45, 2.75) is 105 Å². The third-order valence-electron chi connectivity index (χ3n) is 6.44. The summed E-state index contributed by atoms with van der Waals surface area (Å²) in [6.45, 7) is 11.9. The number of hydrogen-bond donors (Lipinski definition) is 1. The van der Waals surface area contributed by atoms with Gasteiger partial charge < -0.3 is 5.32 Å². The van der Waals surface area contributed by atoms with Gasteiger partial charge in [-0.15, -0.1) is 0 Å². The highest BCUT2D eigenvalue weighted by Crippen LogP contribution is 2.32. The minimum absolute atomic E-state index is 0.896. The van der Waals surface area contributed by atoms with E-state index >= 15 is 0 Å². The standard InChI is InChI=1S/C22H45N/c1-5-22(20(4)14-12-18-23-6-2)19(3)13-8-7-9-15-21-16-10-11-17-21/h19-23H,5-18H2,1-4H3. The van der Waals surface area contributed by atoms with E-state index in [1.165, 1.54) is 83.6 Å². The molecule has 0 radical (unpaired) electrons. The Hall–Kier alpha value is -0.0400. The SMILES string of the molecule is CCNCCCC(C)C(CC)C(C)CCCCCC1CCCC1. The predicted molar refractivity (Wildman–Crippen MR) is 105 cm³/mol. The van der Waals surface area contributed by atoms with Crippen molar-refractivity contribution in [1.82, 2.24) is 5.32 Å². The van der Waals surface area contributed by atoms with Gasteiger partial charge in [-0.1, -0.05) is 91.9 Å².